The number of amides is 1. The van der Waals surface area contributed by atoms with Gasteiger partial charge in [0.05, 0.1) is 17.4 Å². The van der Waals surface area contributed by atoms with Crippen molar-refractivity contribution in [1.29, 1.82) is 0 Å². The number of piperazine rings is 1. The van der Waals surface area contributed by atoms with Gasteiger partial charge in [-0.05, 0) is 82.7 Å². The summed E-state index contributed by atoms with van der Waals surface area (Å²) < 4.78 is 2.26. The minimum atomic E-state index is -0.849. The zero-order valence-electron chi connectivity index (χ0n) is 24.2. The predicted molar refractivity (Wildman–Crippen MR) is 157 cm³/mol. The Bertz CT molecular complexity index is 1340. The summed E-state index contributed by atoms with van der Waals surface area (Å²) in [5.41, 5.74) is 4.42. The summed E-state index contributed by atoms with van der Waals surface area (Å²) in [7, 11) is 0. The van der Waals surface area contributed by atoms with Gasteiger partial charge in [-0.15, -0.1) is 0 Å². The molecule has 0 bridgehead atoms. The monoisotopic (exact) mass is 545 g/mol. The van der Waals surface area contributed by atoms with E-state index < -0.39 is 11.6 Å². The molecule has 40 heavy (non-hydrogen) atoms. The van der Waals surface area contributed by atoms with E-state index in [-0.39, 0.29) is 0 Å². The van der Waals surface area contributed by atoms with Crippen molar-refractivity contribution in [2.45, 2.75) is 64.6 Å². The summed E-state index contributed by atoms with van der Waals surface area (Å²) in [6.45, 7) is 12.7. The van der Waals surface area contributed by atoms with Crippen molar-refractivity contribution < 1.29 is 9.90 Å². The first kappa shape index (κ1) is 27.0. The van der Waals surface area contributed by atoms with Crippen molar-refractivity contribution in [2.75, 3.05) is 50.7 Å². The van der Waals surface area contributed by atoms with Crippen LogP contribution in [0.2, 0.25) is 0 Å². The number of pyridine rings is 2. The molecule has 3 aromatic heterocycles. The number of carboxylic acid groups (broad SMARTS) is 1. The van der Waals surface area contributed by atoms with Crippen LogP contribution in [0.1, 0.15) is 63.0 Å². The first-order valence-electron chi connectivity index (χ1n) is 14.9. The molecule has 2 fully saturated rings. The molecule has 0 saturated carbocycles. The lowest BCUT2D eigenvalue weighted by Gasteiger charge is -2.44. The van der Waals surface area contributed by atoms with E-state index in [2.05, 4.69) is 55.6 Å². The molecule has 5 heterocycles. The normalized spacial score (nSPS) is 22.2. The second-order valence-electron chi connectivity index (χ2n) is 12.7. The fraction of sp³-hybridized carbons (Fsp3) is 0.581. The van der Waals surface area contributed by atoms with Crippen LogP contribution in [0.5, 0.6) is 0 Å². The van der Waals surface area contributed by atoms with Crippen LogP contribution >= 0.6 is 0 Å². The number of imidazole rings is 1. The number of hydrogen-bond acceptors (Lipinski definition) is 6. The largest absolute Gasteiger partial charge is 0.465 e. The van der Waals surface area contributed by atoms with E-state index in [1.807, 2.05) is 27.0 Å². The maximum Gasteiger partial charge on any atom is 0.407 e. The number of nitrogens with zero attached hydrogens (tertiary/aromatic N) is 7. The second-order valence-corrected chi connectivity index (χ2v) is 12.7. The maximum absolute atomic E-state index is 11.7. The van der Waals surface area contributed by atoms with E-state index in [4.69, 9.17) is 9.97 Å². The Labute approximate surface area is 237 Å². The maximum atomic E-state index is 11.7. The summed E-state index contributed by atoms with van der Waals surface area (Å²) in [6.07, 6.45) is 8.28. The molecule has 0 radical (unpaired) electrons. The standard InChI is InChI=1S/C31H43N7O2/c1-31(2,3)38(30(39)40)20-17-34-15-18-35(19-16-34)27-10-4-9-26-33-25(22-37(26)27)21-36-14-6-8-24-12-11-23-7-5-13-32-28(23)29(24)36/h4-5,7,9-10,13,22,24,29H,6,8,11-12,14-21H2,1-3H3,(H,39,40)/t24-,29-/m0/s1. The molecule has 1 amide bonds. The summed E-state index contributed by atoms with van der Waals surface area (Å²) in [6, 6.07) is 11.1. The number of fused-ring (bicyclic) bond motifs is 4. The SMILES string of the molecule is CC(C)(C)N(CCN1CCN(c2cccc3nc(CN4CCC[C@H]5CCc6cccnc6[C@H]54)cn23)CC1)C(=O)O. The molecular formula is C31H43N7O2. The smallest absolute Gasteiger partial charge is 0.407 e. The van der Waals surface area contributed by atoms with Gasteiger partial charge in [-0.25, -0.2) is 9.78 Å². The Balaban J connectivity index is 1.13. The second kappa shape index (κ2) is 11.0. The summed E-state index contributed by atoms with van der Waals surface area (Å²) in [4.78, 5) is 30.6. The molecular weight excluding hydrogens is 502 g/mol. The van der Waals surface area contributed by atoms with Crippen molar-refractivity contribution in [3.8, 4) is 0 Å². The number of aromatic nitrogens is 3. The quantitative estimate of drug-likeness (QED) is 0.488. The summed E-state index contributed by atoms with van der Waals surface area (Å²) >= 11 is 0. The molecule has 9 heteroatoms. The molecule has 214 valence electrons. The van der Waals surface area contributed by atoms with Gasteiger partial charge in [-0.1, -0.05) is 12.1 Å². The van der Waals surface area contributed by atoms with E-state index in [0.717, 1.165) is 63.6 Å². The highest BCUT2D eigenvalue weighted by Gasteiger charge is 2.37. The number of rotatable bonds is 6. The van der Waals surface area contributed by atoms with Crippen LogP contribution in [-0.2, 0) is 13.0 Å². The van der Waals surface area contributed by atoms with E-state index in [9.17, 15) is 9.90 Å². The van der Waals surface area contributed by atoms with Crippen molar-refractivity contribution in [2.24, 2.45) is 5.92 Å². The first-order valence-corrected chi connectivity index (χ1v) is 14.9. The van der Waals surface area contributed by atoms with Gasteiger partial charge in [0, 0.05) is 63.7 Å². The highest BCUT2D eigenvalue weighted by molar-refractivity contribution is 5.66. The lowest BCUT2D eigenvalue weighted by atomic mass is 9.77. The fourth-order valence-corrected chi connectivity index (χ4v) is 7.05. The molecule has 3 aliphatic rings. The number of carbonyl (C=O) groups is 1. The van der Waals surface area contributed by atoms with Crippen LogP contribution in [0.4, 0.5) is 10.6 Å². The molecule has 1 N–H and O–H groups in total. The molecule has 0 spiro atoms. The van der Waals surface area contributed by atoms with E-state index >= 15 is 0 Å². The zero-order valence-corrected chi connectivity index (χ0v) is 24.2. The Morgan fingerprint density at radius 3 is 2.67 bits per heavy atom. The average molecular weight is 546 g/mol. The van der Waals surface area contributed by atoms with Crippen LogP contribution < -0.4 is 4.90 Å². The predicted octanol–water partition coefficient (Wildman–Crippen LogP) is 4.53. The van der Waals surface area contributed by atoms with Gasteiger partial charge in [0.2, 0.25) is 0 Å². The molecule has 6 rings (SSSR count). The van der Waals surface area contributed by atoms with Crippen LogP contribution in [0.15, 0.2) is 42.7 Å². The van der Waals surface area contributed by atoms with Crippen molar-refractivity contribution >= 4 is 17.6 Å². The van der Waals surface area contributed by atoms with E-state index in [1.54, 1.807) is 4.90 Å². The third-order valence-corrected chi connectivity index (χ3v) is 9.11. The molecule has 0 unspecified atom stereocenters. The molecule has 9 nitrogen and oxygen atoms in total. The lowest BCUT2D eigenvalue weighted by molar-refractivity contribution is 0.0687. The van der Waals surface area contributed by atoms with Crippen LogP contribution in [0.25, 0.3) is 5.65 Å². The Hall–Kier alpha value is -3.17. The Morgan fingerprint density at radius 1 is 1.07 bits per heavy atom. The minimum absolute atomic E-state index is 0.394. The first-order chi connectivity index (χ1) is 19.3. The molecule has 2 atom stereocenters. The van der Waals surface area contributed by atoms with Gasteiger partial charge < -0.3 is 14.9 Å². The molecule has 0 aromatic carbocycles. The van der Waals surface area contributed by atoms with Gasteiger partial charge in [0.1, 0.15) is 11.5 Å². The number of likely N-dealkylation sites (tertiary alicyclic amines) is 1. The van der Waals surface area contributed by atoms with Crippen molar-refractivity contribution in [1.82, 2.24) is 29.1 Å². The topological polar surface area (TPSA) is 80.5 Å². The van der Waals surface area contributed by atoms with Crippen LogP contribution in [-0.4, -0.2) is 91.6 Å². The number of hydrogen-bond donors (Lipinski definition) is 1. The molecule has 2 saturated heterocycles. The van der Waals surface area contributed by atoms with Crippen molar-refractivity contribution in [3.05, 3.63) is 59.7 Å². The third kappa shape index (κ3) is 5.41. The highest BCUT2D eigenvalue weighted by Crippen LogP contribution is 2.43. The molecule has 2 aliphatic heterocycles. The number of anilines is 1. The average Bonchev–Trinajstić information content (AvgIpc) is 3.35. The molecule has 3 aromatic rings. The Morgan fingerprint density at radius 2 is 1.90 bits per heavy atom. The van der Waals surface area contributed by atoms with Gasteiger partial charge in [0.15, 0.2) is 0 Å². The van der Waals surface area contributed by atoms with E-state index in [1.165, 1.54) is 36.3 Å². The van der Waals surface area contributed by atoms with Gasteiger partial charge in [0.25, 0.3) is 0 Å². The van der Waals surface area contributed by atoms with E-state index in [0.29, 0.717) is 18.5 Å². The highest BCUT2D eigenvalue weighted by atomic mass is 16.4. The zero-order chi connectivity index (χ0) is 27.9. The van der Waals surface area contributed by atoms with Gasteiger partial charge in [-0.3, -0.25) is 19.2 Å². The fourth-order valence-electron chi connectivity index (χ4n) is 7.05. The third-order valence-electron chi connectivity index (χ3n) is 9.11. The van der Waals surface area contributed by atoms with Crippen molar-refractivity contribution in [3.63, 3.8) is 0 Å². The van der Waals surface area contributed by atoms with Crippen LogP contribution in [0, 0.1) is 5.92 Å². The minimum Gasteiger partial charge on any atom is -0.465 e. The lowest BCUT2D eigenvalue weighted by Crippen LogP contribution is -2.52. The summed E-state index contributed by atoms with van der Waals surface area (Å²) in [5.74, 6) is 1.87. The number of piperidine rings is 1. The number of aryl methyl sites for hydroxylation is 1. The molecule has 1 aliphatic carbocycles. The Kier molecular flexibility index (Phi) is 7.44. The van der Waals surface area contributed by atoms with Gasteiger partial charge in [-0.2, -0.15) is 0 Å². The van der Waals surface area contributed by atoms with Crippen LogP contribution in [0.3, 0.4) is 0 Å². The summed E-state index contributed by atoms with van der Waals surface area (Å²) in [5, 5.41) is 9.62. The van der Waals surface area contributed by atoms with Gasteiger partial charge >= 0.3 is 6.09 Å².